The Balaban J connectivity index is 1.70. The van der Waals surface area contributed by atoms with Crippen LogP contribution >= 0.6 is 11.6 Å². The standard InChI is InChI=1S/C20H16ClF3N6O/c1-11-13(10-26-29(11)2)9-25-19(31)16-8-18-27-15(12-3-5-14(21)6-4-12)7-17(20(22,23)24)30(18)28-16/h3-8,10H,9H2,1-2H3,(H,25,31). The molecule has 0 atom stereocenters. The van der Waals surface area contributed by atoms with Crippen LogP contribution in [0.15, 0.2) is 42.6 Å². The molecule has 1 amide bonds. The van der Waals surface area contributed by atoms with Gasteiger partial charge in [0.25, 0.3) is 5.91 Å². The number of aryl methyl sites for hydroxylation is 1. The van der Waals surface area contributed by atoms with E-state index in [9.17, 15) is 18.0 Å². The number of nitrogens with one attached hydrogen (secondary N) is 1. The van der Waals surface area contributed by atoms with E-state index in [2.05, 4.69) is 20.5 Å². The molecule has 0 saturated heterocycles. The van der Waals surface area contributed by atoms with Gasteiger partial charge in [0.2, 0.25) is 0 Å². The molecular weight excluding hydrogens is 433 g/mol. The summed E-state index contributed by atoms with van der Waals surface area (Å²) >= 11 is 5.86. The number of carbonyl (C=O) groups excluding carboxylic acids is 1. The first-order chi connectivity index (χ1) is 14.6. The summed E-state index contributed by atoms with van der Waals surface area (Å²) < 4.78 is 43.3. The molecule has 3 aromatic heterocycles. The molecule has 0 aliphatic heterocycles. The minimum absolute atomic E-state index is 0.0920. The number of nitrogens with zero attached hydrogens (tertiary/aromatic N) is 5. The first kappa shape index (κ1) is 20.9. The fraction of sp³-hybridized carbons (Fsp3) is 0.200. The largest absolute Gasteiger partial charge is 0.433 e. The van der Waals surface area contributed by atoms with Gasteiger partial charge >= 0.3 is 6.18 Å². The van der Waals surface area contributed by atoms with Crippen molar-refractivity contribution in [2.24, 2.45) is 7.05 Å². The molecule has 7 nitrogen and oxygen atoms in total. The van der Waals surface area contributed by atoms with Gasteiger partial charge in [-0.25, -0.2) is 9.50 Å². The zero-order valence-corrected chi connectivity index (χ0v) is 17.2. The minimum atomic E-state index is -4.70. The van der Waals surface area contributed by atoms with E-state index in [1.165, 1.54) is 6.07 Å². The Hall–Kier alpha value is -3.40. The molecule has 0 aliphatic rings. The van der Waals surface area contributed by atoms with Crippen molar-refractivity contribution < 1.29 is 18.0 Å². The number of benzene rings is 1. The van der Waals surface area contributed by atoms with Gasteiger partial charge < -0.3 is 5.32 Å². The first-order valence-electron chi connectivity index (χ1n) is 9.13. The van der Waals surface area contributed by atoms with Crippen molar-refractivity contribution in [2.45, 2.75) is 19.6 Å². The van der Waals surface area contributed by atoms with E-state index >= 15 is 0 Å². The van der Waals surface area contributed by atoms with E-state index in [0.29, 0.717) is 15.1 Å². The molecule has 31 heavy (non-hydrogen) atoms. The van der Waals surface area contributed by atoms with Crippen LogP contribution in [0.4, 0.5) is 13.2 Å². The molecular formula is C20H16ClF3N6O. The predicted molar refractivity (Wildman–Crippen MR) is 108 cm³/mol. The molecule has 0 spiro atoms. The molecule has 0 radical (unpaired) electrons. The normalized spacial score (nSPS) is 11.8. The van der Waals surface area contributed by atoms with Crippen LogP contribution in [0.2, 0.25) is 5.02 Å². The molecule has 1 aromatic carbocycles. The van der Waals surface area contributed by atoms with E-state index in [-0.39, 0.29) is 23.6 Å². The number of alkyl halides is 3. The van der Waals surface area contributed by atoms with Crippen molar-refractivity contribution in [3.8, 4) is 11.3 Å². The van der Waals surface area contributed by atoms with Gasteiger partial charge in [0.1, 0.15) is 0 Å². The molecule has 0 aliphatic carbocycles. The Kier molecular flexibility index (Phi) is 5.18. The molecule has 160 valence electrons. The fourth-order valence-corrected chi connectivity index (χ4v) is 3.17. The summed E-state index contributed by atoms with van der Waals surface area (Å²) in [5.74, 6) is -0.616. The lowest BCUT2D eigenvalue weighted by Crippen LogP contribution is -2.23. The topological polar surface area (TPSA) is 77.1 Å². The van der Waals surface area contributed by atoms with Crippen molar-refractivity contribution in [2.75, 3.05) is 0 Å². The number of amides is 1. The van der Waals surface area contributed by atoms with Crippen LogP contribution in [-0.4, -0.2) is 30.3 Å². The second-order valence-electron chi connectivity index (χ2n) is 6.89. The molecule has 1 N–H and O–H groups in total. The van der Waals surface area contributed by atoms with Crippen LogP contribution in [0, 0.1) is 6.92 Å². The van der Waals surface area contributed by atoms with E-state index in [4.69, 9.17) is 11.6 Å². The highest BCUT2D eigenvalue weighted by Gasteiger charge is 2.35. The Morgan fingerprint density at radius 3 is 2.52 bits per heavy atom. The second-order valence-corrected chi connectivity index (χ2v) is 7.33. The lowest BCUT2D eigenvalue weighted by atomic mass is 10.1. The summed E-state index contributed by atoms with van der Waals surface area (Å²) in [7, 11) is 1.77. The SMILES string of the molecule is Cc1c(CNC(=O)c2cc3nc(-c4ccc(Cl)cc4)cc(C(F)(F)F)n3n2)cnn1C. The molecule has 3 heterocycles. The smallest absolute Gasteiger partial charge is 0.346 e. The van der Waals surface area contributed by atoms with E-state index in [1.807, 2.05) is 6.92 Å². The van der Waals surface area contributed by atoms with Gasteiger partial charge in [0.05, 0.1) is 11.9 Å². The van der Waals surface area contributed by atoms with Gasteiger partial charge in [0, 0.05) is 41.5 Å². The van der Waals surface area contributed by atoms with E-state index in [0.717, 1.165) is 17.3 Å². The molecule has 0 fully saturated rings. The van der Waals surface area contributed by atoms with Crippen molar-refractivity contribution in [1.82, 2.24) is 29.7 Å². The molecule has 11 heteroatoms. The summed E-state index contributed by atoms with van der Waals surface area (Å²) in [5, 5.41) is 11.0. The number of hydrogen-bond donors (Lipinski definition) is 1. The van der Waals surface area contributed by atoms with Crippen LogP contribution in [0.1, 0.15) is 27.4 Å². The number of rotatable bonds is 4. The van der Waals surface area contributed by atoms with Crippen LogP contribution < -0.4 is 5.32 Å². The summed E-state index contributed by atoms with van der Waals surface area (Å²) in [6.07, 6.45) is -3.09. The average molecular weight is 449 g/mol. The van der Waals surface area contributed by atoms with Crippen LogP contribution in [0.25, 0.3) is 16.9 Å². The van der Waals surface area contributed by atoms with Crippen molar-refractivity contribution >= 4 is 23.2 Å². The summed E-state index contributed by atoms with van der Waals surface area (Å²) in [5.41, 5.74) is 0.897. The summed E-state index contributed by atoms with van der Waals surface area (Å²) in [6, 6.07) is 8.38. The highest BCUT2D eigenvalue weighted by Crippen LogP contribution is 2.32. The maximum absolute atomic E-state index is 13.7. The second kappa shape index (κ2) is 7.69. The lowest BCUT2D eigenvalue weighted by Gasteiger charge is -2.11. The highest BCUT2D eigenvalue weighted by molar-refractivity contribution is 6.30. The maximum Gasteiger partial charge on any atom is 0.433 e. The third kappa shape index (κ3) is 4.11. The summed E-state index contributed by atoms with van der Waals surface area (Å²) in [6.45, 7) is 2.01. The minimum Gasteiger partial charge on any atom is -0.346 e. The van der Waals surface area contributed by atoms with Crippen molar-refractivity contribution in [3.63, 3.8) is 0 Å². The van der Waals surface area contributed by atoms with E-state index in [1.54, 1.807) is 42.2 Å². The molecule has 0 unspecified atom stereocenters. The number of halogens is 4. The Labute approximate surface area is 179 Å². The van der Waals surface area contributed by atoms with Crippen LogP contribution in [0.3, 0.4) is 0 Å². The van der Waals surface area contributed by atoms with Crippen molar-refractivity contribution in [1.29, 1.82) is 0 Å². The van der Waals surface area contributed by atoms with E-state index < -0.39 is 17.8 Å². The predicted octanol–water partition coefficient (Wildman–Crippen LogP) is 4.04. The number of aromatic nitrogens is 5. The Bertz CT molecular complexity index is 1280. The molecule has 0 saturated carbocycles. The van der Waals surface area contributed by atoms with Gasteiger partial charge in [-0.1, -0.05) is 23.7 Å². The van der Waals surface area contributed by atoms with Gasteiger partial charge in [-0.05, 0) is 25.1 Å². The van der Waals surface area contributed by atoms with Gasteiger partial charge in [-0.2, -0.15) is 23.4 Å². The molecule has 4 rings (SSSR count). The number of carbonyl (C=O) groups is 1. The quantitative estimate of drug-likeness (QED) is 0.511. The Morgan fingerprint density at radius 1 is 1.19 bits per heavy atom. The zero-order chi connectivity index (χ0) is 22.3. The fourth-order valence-electron chi connectivity index (χ4n) is 3.04. The monoisotopic (exact) mass is 448 g/mol. The third-order valence-corrected chi connectivity index (χ3v) is 5.12. The third-order valence-electron chi connectivity index (χ3n) is 4.87. The highest BCUT2D eigenvalue weighted by atomic mass is 35.5. The number of hydrogen-bond acceptors (Lipinski definition) is 4. The van der Waals surface area contributed by atoms with Gasteiger partial charge in [0.15, 0.2) is 17.0 Å². The molecule has 0 bridgehead atoms. The lowest BCUT2D eigenvalue weighted by molar-refractivity contribution is -0.142. The van der Waals surface area contributed by atoms with Crippen LogP contribution in [-0.2, 0) is 19.8 Å². The Morgan fingerprint density at radius 2 is 1.90 bits per heavy atom. The van der Waals surface area contributed by atoms with Gasteiger partial charge in [-0.3, -0.25) is 9.48 Å². The average Bonchev–Trinajstić information content (AvgIpc) is 3.29. The van der Waals surface area contributed by atoms with Crippen molar-refractivity contribution in [3.05, 3.63) is 70.3 Å². The zero-order valence-electron chi connectivity index (χ0n) is 16.4. The number of fused-ring (bicyclic) bond motifs is 1. The summed E-state index contributed by atoms with van der Waals surface area (Å²) in [4.78, 5) is 16.8. The van der Waals surface area contributed by atoms with Gasteiger partial charge in [-0.15, -0.1) is 0 Å². The molecule has 4 aromatic rings. The van der Waals surface area contributed by atoms with Crippen LogP contribution in [0.5, 0.6) is 0 Å². The first-order valence-corrected chi connectivity index (χ1v) is 9.51. The maximum atomic E-state index is 13.7.